The number of carbonyl (C=O) groups excluding carboxylic acids is 2. The number of halogens is 2. The van der Waals surface area contributed by atoms with Crippen LogP contribution < -0.4 is 5.32 Å². The molecule has 180 valence electrons. The molecule has 0 aliphatic heterocycles. The average molecular weight is 485 g/mol. The van der Waals surface area contributed by atoms with Crippen molar-refractivity contribution in [1.82, 2.24) is 14.7 Å². The summed E-state index contributed by atoms with van der Waals surface area (Å²) in [6.45, 7) is 8.43. The fourth-order valence-electron chi connectivity index (χ4n) is 3.35. The fourth-order valence-corrected chi connectivity index (χ4v) is 3.47. The second-order valence-corrected chi connectivity index (χ2v) is 9.62. The molecule has 0 atom stereocenters. The maximum Gasteiger partial charge on any atom is 0.254 e. The van der Waals surface area contributed by atoms with Crippen molar-refractivity contribution >= 4 is 29.2 Å². The van der Waals surface area contributed by atoms with E-state index in [1.807, 2.05) is 45.9 Å². The summed E-state index contributed by atoms with van der Waals surface area (Å²) < 4.78 is 14.9. The predicted molar refractivity (Wildman–Crippen MR) is 133 cm³/mol. The molecule has 0 radical (unpaired) electrons. The minimum absolute atomic E-state index is 0.132. The van der Waals surface area contributed by atoms with Gasteiger partial charge in [0, 0.05) is 28.6 Å². The molecule has 0 fully saturated rings. The third-order valence-corrected chi connectivity index (χ3v) is 5.56. The summed E-state index contributed by atoms with van der Waals surface area (Å²) in [7, 11) is 0. The monoisotopic (exact) mass is 484 g/mol. The number of hydrogen-bond donors (Lipinski definition) is 1. The highest BCUT2D eigenvalue weighted by Gasteiger charge is 2.23. The number of nitrogens with zero attached hydrogens (tertiary/aromatic N) is 3. The lowest BCUT2D eigenvalue weighted by atomic mass is 9.92. The summed E-state index contributed by atoms with van der Waals surface area (Å²) in [6, 6.07) is 14.3. The molecule has 2 amide bonds. The van der Waals surface area contributed by atoms with Crippen molar-refractivity contribution in [2.75, 3.05) is 18.4 Å². The van der Waals surface area contributed by atoms with Gasteiger partial charge in [0.25, 0.3) is 5.91 Å². The van der Waals surface area contributed by atoms with E-state index in [0.29, 0.717) is 22.9 Å². The standard InChI is InChI=1S/C26H30ClFN4O2/c1-5-6-15-31(25(34)18-7-11-20(28)12-8-18)17-24(33)29-23-16-22(26(2,3)4)30-32(23)21-13-9-19(27)10-14-21/h7-14,16H,5-6,15,17H2,1-4H3,(H,29,33). The van der Waals surface area contributed by atoms with Crippen LogP contribution in [0, 0.1) is 5.82 Å². The van der Waals surface area contributed by atoms with Gasteiger partial charge in [-0.2, -0.15) is 5.10 Å². The van der Waals surface area contributed by atoms with Crippen LogP contribution in [0.25, 0.3) is 5.69 Å². The van der Waals surface area contributed by atoms with Gasteiger partial charge in [-0.1, -0.05) is 45.7 Å². The Morgan fingerprint density at radius 2 is 1.74 bits per heavy atom. The second-order valence-electron chi connectivity index (χ2n) is 9.19. The molecule has 1 aromatic heterocycles. The Morgan fingerprint density at radius 3 is 2.32 bits per heavy atom. The smallest absolute Gasteiger partial charge is 0.254 e. The fraction of sp³-hybridized carbons (Fsp3) is 0.346. The molecule has 6 nitrogen and oxygen atoms in total. The number of aromatic nitrogens is 2. The summed E-state index contributed by atoms with van der Waals surface area (Å²) >= 11 is 6.03. The van der Waals surface area contributed by atoms with Gasteiger partial charge in [-0.25, -0.2) is 9.07 Å². The van der Waals surface area contributed by atoms with E-state index in [1.54, 1.807) is 16.8 Å². The van der Waals surface area contributed by atoms with Crippen LogP contribution in [0.15, 0.2) is 54.6 Å². The van der Waals surface area contributed by atoms with Crippen molar-refractivity contribution in [2.45, 2.75) is 46.0 Å². The zero-order valence-electron chi connectivity index (χ0n) is 19.9. The maximum atomic E-state index is 13.3. The third-order valence-electron chi connectivity index (χ3n) is 5.31. The first-order valence-corrected chi connectivity index (χ1v) is 11.7. The van der Waals surface area contributed by atoms with Crippen molar-refractivity contribution in [3.63, 3.8) is 0 Å². The average Bonchev–Trinajstić information content (AvgIpc) is 3.21. The highest BCUT2D eigenvalue weighted by Crippen LogP contribution is 2.27. The van der Waals surface area contributed by atoms with Gasteiger partial charge >= 0.3 is 0 Å². The second kappa shape index (κ2) is 10.8. The Hall–Kier alpha value is -3.19. The lowest BCUT2D eigenvalue weighted by Gasteiger charge is -2.22. The van der Waals surface area contributed by atoms with Gasteiger partial charge in [-0.3, -0.25) is 9.59 Å². The molecule has 0 aliphatic carbocycles. The molecular formula is C26H30ClFN4O2. The van der Waals surface area contributed by atoms with E-state index in [1.165, 1.54) is 29.2 Å². The minimum Gasteiger partial charge on any atom is -0.329 e. The van der Waals surface area contributed by atoms with Crippen LogP contribution in [0.5, 0.6) is 0 Å². The first-order valence-electron chi connectivity index (χ1n) is 11.3. The van der Waals surface area contributed by atoms with Crippen LogP contribution >= 0.6 is 11.6 Å². The number of carbonyl (C=O) groups is 2. The van der Waals surface area contributed by atoms with Crippen LogP contribution in [0.1, 0.15) is 56.6 Å². The Bertz CT molecular complexity index is 1140. The molecule has 1 heterocycles. The van der Waals surface area contributed by atoms with Gasteiger partial charge in [-0.05, 0) is 55.0 Å². The number of benzene rings is 2. The molecule has 0 saturated heterocycles. The van der Waals surface area contributed by atoms with E-state index in [2.05, 4.69) is 5.32 Å². The number of nitrogens with one attached hydrogen (secondary N) is 1. The molecule has 8 heteroatoms. The molecule has 3 aromatic rings. The van der Waals surface area contributed by atoms with E-state index in [0.717, 1.165) is 24.2 Å². The van der Waals surface area contributed by atoms with Crippen molar-refractivity contribution in [2.24, 2.45) is 0 Å². The zero-order chi connectivity index (χ0) is 24.9. The maximum absolute atomic E-state index is 13.3. The number of unbranched alkanes of at least 4 members (excludes halogenated alkanes) is 1. The first-order chi connectivity index (χ1) is 16.1. The van der Waals surface area contributed by atoms with Gasteiger partial charge in [0.05, 0.1) is 11.4 Å². The molecule has 1 N–H and O–H groups in total. The van der Waals surface area contributed by atoms with Crippen molar-refractivity contribution in [1.29, 1.82) is 0 Å². The molecule has 3 rings (SSSR count). The number of amides is 2. The molecule has 0 aliphatic rings. The number of rotatable bonds is 8. The van der Waals surface area contributed by atoms with Gasteiger partial charge in [0.15, 0.2) is 0 Å². The van der Waals surface area contributed by atoms with Crippen molar-refractivity contribution < 1.29 is 14.0 Å². The third kappa shape index (κ3) is 6.44. The van der Waals surface area contributed by atoms with E-state index in [-0.39, 0.29) is 23.8 Å². The molecule has 0 unspecified atom stereocenters. The zero-order valence-corrected chi connectivity index (χ0v) is 20.7. The van der Waals surface area contributed by atoms with Gasteiger partial charge in [0.1, 0.15) is 18.2 Å². The highest BCUT2D eigenvalue weighted by atomic mass is 35.5. The summed E-state index contributed by atoms with van der Waals surface area (Å²) in [6.07, 6.45) is 1.62. The highest BCUT2D eigenvalue weighted by molar-refractivity contribution is 6.30. The van der Waals surface area contributed by atoms with Crippen LogP contribution in [0.2, 0.25) is 5.02 Å². The quantitative estimate of drug-likeness (QED) is 0.436. The molecule has 34 heavy (non-hydrogen) atoms. The summed E-state index contributed by atoms with van der Waals surface area (Å²) in [5, 5.41) is 8.21. The Kier molecular flexibility index (Phi) is 8.10. The lowest BCUT2D eigenvalue weighted by molar-refractivity contribution is -0.117. The van der Waals surface area contributed by atoms with E-state index in [4.69, 9.17) is 16.7 Å². The van der Waals surface area contributed by atoms with E-state index in [9.17, 15) is 14.0 Å². The lowest BCUT2D eigenvalue weighted by Crippen LogP contribution is -2.39. The largest absolute Gasteiger partial charge is 0.329 e. The molecule has 0 bridgehead atoms. The predicted octanol–water partition coefficient (Wildman–Crippen LogP) is 5.84. The summed E-state index contributed by atoms with van der Waals surface area (Å²) in [4.78, 5) is 27.5. The molecular weight excluding hydrogens is 455 g/mol. The summed E-state index contributed by atoms with van der Waals surface area (Å²) in [5.74, 6) is -0.575. The van der Waals surface area contributed by atoms with Crippen molar-refractivity contribution in [3.05, 3.63) is 76.7 Å². The molecule has 0 spiro atoms. The Morgan fingerprint density at radius 1 is 1.09 bits per heavy atom. The Balaban J connectivity index is 1.84. The van der Waals surface area contributed by atoms with Crippen molar-refractivity contribution in [3.8, 4) is 5.69 Å². The van der Waals surface area contributed by atoms with E-state index < -0.39 is 5.82 Å². The summed E-state index contributed by atoms with van der Waals surface area (Å²) in [5.41, 5.74) is 1.66. The van der Waals surface area contributed by atoms with Gasteiger partial charge < -0.3 is 10.2 Å². The topological polar surface area (TPSA) is 67.2 Å². The molecule has 2 aromatic carbocycles. The number of anilines is 1. The van der Waals surface area contributed by atoms with Crippen LogP contribution in [-0.2, 0) is 10.2 Å². The van der Waals surface area contributed by atoms with Crippen LogP contribution in [0.4, 0.5) is 10.2 Å². The SMILES string of the molecule is CCCCN(CC(=O)Nc1cc(C(C)(C)C)nn1-c1ccc(Cl)cc1)C(=O)c1ccc(F)cc1. The van der Waals surface area contributed by atoms with E-state index >= 15 is 0 Å². The van der Waals surface area contributed by atoms with Gasteiger partial charge in [0.2, 0.25) is 5.91 Å². The van der Waals surface area contributed by atoms with Gasteiger partial charge in [-0.15, -0.1) is 0 Å². The minimum atomic E-state index is -0.417. The first kappa shape index (κ1) is 25.4. The normalized spacial score (nSPS) is 11.4. The molecule has 0 saturated carbocycles. The Labute approximate surface area is 204 Å². The van der Waals surface area contributed by atoms with Crippen LogP contribution in [0.3, 0.4) is 0 Å². The van der Waals surface area contributed by atoms with Crippen LogP contribution in [-0.4, -0.2) is 39.6 Å². The number of hydrogen-bond acceptors (Lipinski definition) is 3.